The highest BCUT2D eigenvalue weighted by Gasteiger charge is 2.24. The third-order valence-electron chi connectivity index (χ3n) is 4.71. The molecule has 2 atom stereocenters. The van der Waals surface area contributed by atoms with Crippen molar-refractivity contribution in [3.63, 3.8) is 0 Å². The molecule has 1 aromatic heterocycles. The second-order valence-corrected chi connectivity index (χ2v) is 6.25. The van der Waals surface area contributed by atoms with E-state index in [0.717, 1.165) is 37.7 Å². The summed E-state index contributed by atoms with van der Waals surface area (Å²) in [6, 6.07) is 0.667. The van der Waals surface area contributed by atoms with Gasteiger partial charge >= 0.3 is 0 Å². The highest BCUT2D eigenvalue weighted by atomic mass is 15.4. The summed E-state index contributed by atoms with van der Waals surface area (Å²) in [6.45, 7) is 8.06. The van der Waals surface area contributed by atoms with Crippen molar-refractivity contribution in [1.29, 1.82) is 0 Å². The molecule has 2 aliphatic rings. The number of likely N-dealkylation sites (N-methyl/N-ethyl adjacent to an activating group) is 1. The molecule has 2 unspecified atom stereocenters. The molecule has 0 bridgehead atoms. The topological polar surface area (TPSA) is 34.0 Å². The normalized spacial score (nSPS) is 28.3. The van der Waals surface area contributed by atoms with Gasteiger partial charge in [0.2, 0.25) is 0 Å². The molecule has 0 spiro atoms. The molecule has 3 rings (SSSR count). The van der Waals surface area contributed by atoms with Crippen molar-refractivity contribution >= 4 is 0 Å². The number of hydrogen-bond acceptors (Lipinski definition) is 3. The van der Waals surface area contributed by atoms with E-state index in [4.69, 9.17) is 10.1 Å². The summed E-state index contributed by atoms with van der Waals surface area (Å²) >= 11 is 0. The second-order valence-electron chi connectivity index (χ2n) is 6.25. The fourth-order valence-electron chi connectivity index (χ4n) is 3.52. The minimum absolute atomic E-state index is 0.667. The van der Waals surface area contributed by atoms with E-state index in [9.17, 15) is 0 Å². The van der Waals surface area contributed by atoms with Gasteiger partial charge in [-0.15, -0.1) is 0 Å². The molecule has 1 aromatic rings. The van der Waals surface area contributed by atoms with Crippen molar-refractivity contribution in [2.75, 3.05) is 13.1 Å². The summed E-state index contributed by atoms with van der Waals surface area (Å²) in [7, 11) is 0. The Labute approximate surface area is 116 Å². The number of piperidine rings is 1. The van der Waals surface area contributed by atoms with E-state index in [1.54, 1.807) is 0 Å². The Morgan fingerprint density at radius 2 is 2.16 bits per heavy atom. The molecule has 0 amide bonds. The van der Waals surface area contributed by atoms with Gasteiger partial charge < -0.3 is 4.90 Å². The van der Waals surface area contributed by atoms with Gasteiger partial charge in [0, 0.05) is 25.4 Å². The minimum Gasteiger partial charge on any atom is -0.300 e. The Hall–Kier alpha value is -0.900. The van der Waals surface area contributed by atoms with Crippen LogP contribution in [0, 0.1) is 5.92 Å². The predicted octanol–water partition coefficient (Wildman–Crippen LogP) is 2.28. The van der Waals surface area contributed by atoms with Gasteiger partial charge in [0.15, 0.2) is 5.82 Å². The summed E-state index contributed by atoms with van der Waals surface area (Å²) in [5.41, 5.74) is 0. The molecular weight excluding hydrogens is 236 g/mol. The second kappa shape index (κ2) is 5.61. The molecule has 3 heterocycles. The highest BCUT2D eigenvalue weighted by Crippen LogP contribution is 2.21. The van der Waals surface area contributed by atoms with Gasteiger partial charge in [0.25, 0.3) is 0 Å². The van der Waals surface area contributed by atoms with Gasteiger partial charge in [-0.25, -0.2) is 9.67 Å². The molecule has 0 saturated carbocycles. The van der Waals surface area contributed by atoms with Crippen LogP contribution in [0.3, 0.4) is 0 Å². The number of aromatic nitrogens is 3. The van der Waals surface area contributed by atoms with Gasteiger partial charge in [-0.1, -0.05) is 20.3 Å². The molecule has 4 nitrogen and oxygen atoms in total. The minimum atomic E-state index is 0.667. The lowest BCUT2D eigenvalue weighted by molar-refractivity contribution is 0.153. The van der Waals surface area contributed by atoms with Crippen LogP contribution in [0.4, 0.5) is 0 Å². The highest BCUT2D eigenvalue weighted by molar-refractivity contribution is 4.99. The summed E-state index contributed by atoms with van der Waals surface area (Å²) in [5, 5.41) is 4.74. The fraction of sp³-hybridized carbons (Fsp3) is 0.867. The number of hydrogen-bond donors (Lipinski definition) is 0. The Bertz CT molecular complexity index is 426. The molecule has 1 saturated heterocycles. The molecule has 0 aromatic carbocycles. The van der Waals surface area contributed by atoms with E-state index in [2.05, 4.69) is 23.4 Å². The van der Waals surface area contributed by atoms with Gasteiger partial charge in [-0.05, 0) is 38.3 Å². The molecule has 1 fully saturated rings. The van der Waals surface area contributed by atoms with Crippen molar-refractivity contribution in [3.8, 4) is 0 Å². The predicted molar refractivity (Wildman–Crippen MR) is 76.1 cm³/mol. The first-order chi connectivity index (χ1) is 9.26. The Kier molecular flexibility index (Phi) is 3.87. The maximum absolute atomic E-state index is 4.77. The van der Waals surface area contributed by atoms with E-state index >= 15 is 0 Å². The lowest BCUT2D eigenvalue weighted by Gasteiger charge is -2.34. The van der Waals surface area contributed by atoms with Crippen molar-refractivity contribution in [3.05, 3.63) is 11.6 Å². The summed E-state index contributed by atoms with van der Waals surface area (Å²) in [6.07, 6.45) is 7.45. The van der Waals surface area contributed by atoms with E-state index in [0.29, 0.717) is 6.04 Å². The summed E-state index contributed by atoms with van der Waals surface area (Å²) in [4.78, 5) is 7.38. The Morgan fingerprint density at radius 3 is 3.00 bits per heavy atom. The molecule has 0 radical (unpaired) electrons. The molecule has 0 aliphatic carbocycles. The molecule has 19 heavy (non-hydrogen) atoms. The monoisotopic (exact) mass is 262 g/mol. The quantitative estimate of drug-likeness (QED) is 0.838. The zero-order chi connectivity index (χ0) is 13.2. The lowest BCUT2D eigenvalue weighted by Crippen LogP contribution is -2.40. The van der Waals surface area contributed by atoms with E-state index in [1.807, 2.05) is 0 Å². The Balaban J connectivity index is 1.69. The van der Waals surface area contributed by atoms with Gasteiger partial charge in [-0.2, -0.15) is 5.10 Å². The third-order valence-corrected chi connectivity index (χ3v) is 4.71. The van der Waals surface area contributed by atoms with Gasteiger partial charge in [-0.3, -0.25) is 0 Å². The number of likely N-dealkylation sites (tertiary alicyclic amines) is 1. The third kappa shape index (κ3) is 2.83. The summed E-state index contributed by atoms with van der Waals surface area (Å²) in [5.74, 6) is 3.05. The fourth-order valence-corrected chi connectivity index (χ4v) is 3.52. The zero-order valence-corrected chi connectivity index (χ0v) is 12.3. The molecule has 4 heteroatoms. The number of nitrogens with zero attached hydrogens (tertiary/aromatic N) is 4. The van der Waals surface area contributed by atoms with Crippen molar-refractivity contribution < 1.29 is 0 Å². The molecule has 106 valence electrons. The van der Waals surface area contributed by atoms with E-state index in [1.165, 1.54) is 38.1 Å². The van der Waals surface area contributed by atoms with Crippen LogP contribution in [0.25, 0.3) is 0 Å². The number of rotatable bonds is 3. The van der Waals surface area contributed by atoms with Crippen molar-refractivity contribution in [2.24, 2.45) is 5.92 Å². The first kappa shape index (κ1) is 13.1. The first-order valence-corrected chi connectivity index (χ1v) is 7.93. The SMILES string of the molecule is CCN1CCCCC1Cc1nc2n(n1)CC(C)CC2. The van der Waals surface area contributed by atoms with Crippen LogP contribution in [0.15, 0.2) is 0 Å². The zero-order valence-electron chi connectivity index (χ0n) is 12.3. The first-order valence-electron chi connectivity index (χ1n) is 7.93. The van der Waals surface area contributed by atoms with Gasteiger partial charge in [0.1, 0.15) is 5.82 Å². The maximum Gasteiger partial charge on any atom is 0.152 e. The maximum atomic E-state index is 4.77. The molecule has 2 aliphatic heterocycles. The van der Waals surface area contributed by atoms with Crippen LogP contribution in [-0.4, -0.2) is 38.8 Å². The molecule has 0 N–H and O–H groups in total. The Morgan fingerprint density at radius 1 is 1.26 bits per heavy atom. The van der Waals surface area contributed by atoms with Crippen LogP contribution >= 0.6 is 0 Å². The van der Waals surface area contributed by atoms with Crippen LogP contribution in [0.5, 0.6) is 0 Å². The van der Waals surface area contributed by atoms with Crippen LogP contribution in [-0.2, 0) is 19.4 Å². The van der Waals surface area contributed by atoms with Crippen LogP contribution < -0.4 is 0 Å². The average molecular weight is 262 g/mol. The smallest absolute Gasteiger partial charge is 0.152 e. The number of fused-ring (bicyclic) bond motifs is 1. The lowest BCUT2D eigenvalue weighted by atomic mass is 9.99. The van der Waals surface area contributed by atoms with Gasteiger partial charge in [0.05, 0.1) is 0 Å². The van der Waals surface area contributed by atoms with Crippen molar-refractivity contribution in [2.45, 2.75) is 65.0 Å². The largest absolute Gasteiger partial charge is 0.300 e. The van der Waals surface area contributed by atoms with Crippen molar-refractivity contribution in [1.82, 2.24) is 19.7 Å². The van der Waals surface area contributed by atoms with E-state index < -0.39 is 0 Å². The standard InChI is InChI=1S/C15H26N4/c1-3-18-9-5-4-6-13(18)10-14-16-15-8-7-12(2)11-19(15)17-14/h12-13H,3-11H2,1-2H3. The number of aryl methyl sites for hydroxylation is 1. The molecular formula is C15H26N4. The van der Waals surface area contributed by atoms with Crippen LogP contribution in [0.1, 0.15) is 51.2 Å². The summed E-state index contributed by atoms with van der Waals surface area (Å²) < 4.78 is 2.16. The average Bonchev–Trinajstić information content (AvgIpc) is 2.80. The van der Waals surface area contributed by atoms with E-state index in [-0.39, 0.29) is 0 Å². The van der Waals surface area contributed by atoms with Crippen LogP contribution in [0.2, 0.25) is 0 Å².